The molecule has 1 spiro atoms. The Labute approximate surface area is 169 Å². The number of allylic oxidation sites excluding steroid dienone is 1. The maximum atomic E-state index is 12.8. The van der Waals surface area contributed by atoms with Crippen molar-refractivity contribution in [2.24, 2.45) is 4.99 Å². The highest BCUT2D eigenvalue weighted by Crippen LogP contribution is 2.53. The fraction of sp³-hybridized carbons (Fsp3) is 0.455. The number of hydrogen-bond donors (Lipinski definition) is 0. The van der Waals surface area contributed by atoms with E-state index in [1.807, 2.05) is 57.2 Å². The van der Waals surface area contributed by atoms with E-state index in [4.69, 9.17) is 23.9 Å². The summed E-state index contributed by atoms with van der Waals surface area (Å²) in [5.74, 6) is -0.337. The second kappa shape index (κ2) is 6.60. The molecule has 0 aliphatic carbocycles. The molecule has 7 heteroatoms. The van der Waals surface area contributed by atoms with Crippen LogP contribution in [0.5, 0.6) is 0 Å². The Hall–Kier alpha value is -2.32. The van der Waals surface area contributed by atoms with Gasteiger partial charge in [0.15, 0.2) is 17.6 Å². The highest BCUT2D eigenvalue weighted by molar-refractivity contribution is 6.18. The zero-order valence-corrected chi connectivity index (χ0v) is 16.7. The molecule has 7 nitrogen and oxygen atoms in total. The summed E-state index contributed by atoms with van der Waals surface area (Å²) < 4.78 is 24.5. The first-order valence-electron chi connectivity index (χ1n) is 9.86. The lowest BCUT2D eigenvalue weighted by atomic mass is 9.83. The Kier molecular flexibility index (Phi) is 4.25. The predicted octanol–water partition coefficient (Wildman–Crippen LogP) is 2.53. The van der Waals surface area contributed by atoms with Crippen LogP contribution in [-0.4, -0.2) is 53.1 Å². The Morgan fingerprint density at radius 3 is 2.76 bits per heavy atom. The molecule has 152 valence electrons. The molecule has 4 aliphatic heterocycles. The quantitative estimate of drug-likeness (QED) is 0.782. The zero-order chi connectivity index (χ0) is 20.2. The lowest BCUT2D eigenvalue weighted by Crippen LogP contribution is -2.62. The van der Waals surface area contributed by atoms with Crippen LogP contribution in [0.15, 0.2) is 59.2 Å². The monoisotopic (exact) mass is 396 g/mol. The minimum Gasteiger partial charge on any atom is -0.374 e. The first kappa shape index (κ1) is 18.7. The third kappa shape index (κ3) is 2.73. The van der Waals surface area contributed by atoms with E-state index in [1.54, 1.807) is 11.0 Å². The Balaban J connectivity index is 1.47. The van der Waals surface area contributed by atoms with Gasteiger partial charge < -0.3 is 18.9 Å². The predicted molar refractivity (Wildman–Crippen MR) is 105 cm³/mol. The molecule has 1 amide bonds. The second-order valence-corrected chi connectivity index (χ2v) is 8.03. The molecule has 4 heterocycles. The largest absolute Gasteiger partial charge is 0.374 e. The minimum absolute atomic E-state index is 0.133. The van der Waals surface area contributed by atoms with E-state index in [0.29, 0.717) is 12.4 Å². The summed E-state index contributed by atoms with van der Waals surface area (Å²) in [6.07, 6.45) is 3.60. The molecular weight excluding hydrogens is 372 g/mol. The number of ether oxygens (including phenoxy) is 4. The summed E-state index contributed by atoms with van der Waals surface area (Å²) in [5, 5.41) is 0. The van der Waals surface area contributed by atoms with E-state index < -0.39 is 29.8 Å². The van der Waals surface area contributed by atoms with Crippen molar-refractivity contribution in [2.45, 2.75) is 57.2 Å². The molecule has 2 saturated heterocycles. The normalized spacial score (nSPS) is 35.6. The van der Waals surface area contributed by atoms with Crippen molar-refractivity contribution in [3.8, 4) is 0 Å². The summed E-state index contributed by atoms with van der Waals surface area (Å²) in [7, 11) is 0. The molecule has 0 saturated carbocycles. The summed E-state index contributed by atoms with van der Waals surface area (Å²) in [4.78, 5) is 19.2. The van der Waals surface area contributed by atoms with Crippen LogP contribution >= 0.6 is 0 Å². The van der Waals surface area contributed by atoms with Gasteiger partial charge in [-0.2, -0.15) is 0 Å². The van der Waals surface area contributed by atoms with Gasteiger partial charge in [-0.3, -0.25) is 9.69 Å². The summed E-state index contributed by atoms with van der Waals surface area (Å²) >= 11 is 0. The molecule has 29 heavy (non-hydrogen) atoms. The maximum Gasteiger partial charge on any atom is 0.253 e. The molecule has 1 aromatic rings. The fourth-order valence-electron chi connectivity index (χ4n) is 4.67. The van der Waals surface area contributed by atoms with Crippen LogP contribution in [0.25, 0.3) is 0 Å². The van der Waals surface area contributed by atoms with Gasteiger partial charge in [0.05, 0.1) is 18.9 Å². The van der Waals surface area contributed by atoms with Crippen molar-refractivity contribution in [2.75, 3.05) is 6.61 Å². The van der Waals surface area contributed by atoms with Crippen LogP contribution in [0.3, 0.4) is 0 Å². The summed E-state index contributed by atoms with van der Waals surface area (Å²) in [6, 6.07) is 9.94. The van der Waals surface area contributed by atoms with E-state index in [0.717, 1.165) is 11.3 Å². The van der Waals surface area contributed by atoms with Gasteiger partial charge in [0, 0.05) is 6.08 Å². The van der Waals surface area contributed by atoms with E-state index in [1.165, 1.54) is 6.08 Å². The number of nitrogens with zero attached hydrogens (tertiary/aromatic N) is 2. The van der Waals surface area contributed by atoms with Gasteiger partial charge >= 0.3 is 0 Å². The summed E-state index contributed by atoms with van der Waals surface area (Å²) in [6.45, 7) is 6.33. The molecule has 0 aromatic heterocycles. The molecule has 0 radical (unpaired) electrons. The molecular formula is C22H24N2O5. The Morgan fingerprint density at radius 1 is 1.21 bits per heavy atom. The van der Waals surface area contributed by atoms with Crippen LogP contribution < -0.4 is 0 Å². The van der Waals surface area contributed by atoms with Crippen LogP contribution in [-0.2, 0) is 30.3 Å². The third-order valence-electron chi connectivity index (χ3n) is 5.77. The molecule has 4 atom stereocenters. The maximum absolute atomic E-state index is 12.8. The van der Waals surface area contributed by atoms with Gasteiger partial charge in [0.1, 0.15) is 18.0 Å². The molecule has 0 bridgehead atoms. The minimum atomic E-state index is -0.917. The number of aliphatic imine (C=N–C) groups is 1. The highest BCUT2D eigenvalue weighted by atomic mass is 16.8. The second-order valence-electron chi connectivity index (χ2n) is 8.03. The SMILES string of the molecule is C/C=C1\N=C2C=CC(=O)N2[C@@]12[C@@H](COCc1ccccc1)O[C@@H]1OC(C)(C)O[C@@H]12. The van der Waals surface area contributed by atoms with Crippen molar-refractivity contribution >= 4 is 11.7 Å². The van der Waals surface area contributed by atoms with Crippen molar-refractivity contribution in [1.82, 2.24) is 4.90 Å². The third-order valence-corrected chi connectivity index (χ3v) is 5.77. The molecule has 4 aliphatic rings. The lowest BCUT2D eigenvalue weighted by Gasteiger charge is -2.40. The number of carbonyl (C=O) groups excluding carboxylic acids is 1. The number of benzene rings is 1. The smallest absolute Gasteiger partial charge is 0.253 e. The number of fused-ring (bicyclic) bond motifs is 4. The first-order chi connectivity index (χ1) is 14.0. The van der Waals surface area contributed by atoms with Gasteiger partial charge in [-0.1, -0.05) is 36.4 Å². The van der Waals surface area contributed by atoms with Gasteiger partial charge in [0.2, 0.25) is 0 Å². The van der Waals surface area contributed by atoms with E-state index in [2.05, 4.69) is 0 Å². The molecule has 5 rings (SSSR count). The van der Waals surface area contributed by atoms with Crippen LogP contribution in [0.1, 0.15) is 26.3 Å². The van der Waals surface area contributed by atoms with Gasteiger partial charge in [-0.05, 0) is 32.4 Å². The number of hydrogen-bond acceptors (Lipinski definition) is 6. The standard InChI is InChI=1S/C22H24N2O5/c1-4-15-22(24-17(23-15)10-11-18(24)25)16(13-26-12-14-8-6-5-7-9-14)27-20-19(22)28-21(2,3)29-20/h4-11,16,19-20H,12-13H2,1-3H3/b15-4-/t16-,19+,20-,22-/m1/s1. The molecule has 0 unspecified atom stereocenters. The van der Waals surface area contributed by atoms with E-state index in [9.17, 15) is 4.79 Å². The van der Waals surface area contributed by atoms with Crippen molar-refractivity contribution in [3.05, 3.63) is 59.8 Å². The zero-order valence-electron chi connectivity index (χ0n) is 16.7. The van der Waals surface area contributed by atoms with Crippen LogP contribution in [0, 0.1) is 0 Å². The average molecular weight is 396 g/mol. The van der Waals surface area contributed by atoms with E-state index >= 15 is 0 Å². The summed E-state index contributed by atoms with van der Waals surface area (Å²) in [5.41, 5.74) is 0.897. The number of carbonyl (C=O) groups is 1. The average Bonchev–Trinajstić information content (AvgIpc) is 3.38. The molecule has 0 N–H and O–H groups in total. The molecule has 2 fully saturated rings. The topological polar surface area (TPSA) is 69.6 Å². The first-order valence-corrected chi connectivity index (χ1v) is 9.86. The highest BCUT2D eigenvalue weighted by Gasteiger charge is 2.71. The fourth-order valence-corrected chi connectivity index (χ4v) is 4.67. The van der Waals surface area contributed by atoms with Crippen LogP contribution in [0.2, 0.25) is 0 Å². The number of amidine groups is 1. The van der Waals surface area contributed by atoms with Crippen molar-refractivity contribution in [3.63, 3.8) is 0 Å². The van der Waals surface area contributed by atoms with E-state index in [-0.39, 0.29) is 12.5 Å². The number of rotatable bonds is 4. The Morgan fingerprint density at radius 2 is 2.00 bits per heavy atom. The van der Waals surface area contributed by atoms with Crippen molar-refractivity contribution in [1.29, 1.82) is 0 Å². The Bertz CT molecular complexity index is 922. The van der Waals surface area contributed by atoms with Gasteiger partial charge in [-0.15, -0.1) is 0 Å². The molecule has 1 aromatic carbocycles. The van der Waals surface area contributed by atoms with Crippen LogP contribution in [0.4, 0.5) is 0 Å². The lowest BCUT2D eigenvalue weighted by molar-refractivity contribution is -0.220. The van der Waals surface area contributed by atoms with Gasteiger partial charge in [0.25, 0.3) is 5.91 Å². The van der Waals surface area contributed by atoms with Gasteiger partial charge in [-0.25, -0.2) is 4.99 Å². The number of amides is 1. The van der Waals surface area contributed by atoms with Crippen molar-refractivity contribution < 1.29 is 23.7 Å².